The third-order valence-corrected chi connectivity index (χ3v) is 12.5. The lowest BCUT2D eigenvalue weighted by atomic mass is 9.57. The number of aromatic hydroxyl groups is 1. The number of rotatable bonds is 12. The molecule has 346 valence electrons. The van der Waals surface area contributed by atoms with Crippen LogP contribution in [0, 0.1) is 11.8 Å². The number of nitrogens with two attached hydrogens (primary N) is 1. The van der Waals surface area contributed by atoms with Crippen molar-refractivity contribution < 1.29 is 63.0 Å². The van der Waals surface area contributed by atoms with Crippen molar-refractivity contribution in [3.8, 4) is 5.75 Å². The minimum atomic E-state index is -3.34. The van der Waals surface area contributed by atoms with Crippen LogP contribution in [-0.2, 0) is 40.2 Å². The molecule has 5 rings (SSSR count). The number of phenols is 1. The quantitative estimate of drug-likeness (QED) is 0.0798. The van der Waals surface area contributed by atoms with Crippen LogP contribution in [0.3, 0.4) is 0 Å². The highest BCUT2D eigenvalue weighted by atomic mass is 35.5. The third kappa shape index (κ3) is 10.4. The molecule has 63 heavy (non-hydrogen) atoms. The monoisotopic (exact) mass is 940 g/mol. The molecule has 19 nitrogen and oxygen atoms in total. The first-order valence-corrected chi connectivity index (χ1v) is 22.2. The molecule has 3 amide bonds. The molecule has 6 atom stereocenters. The summed E-state index contributed by atoms with van der Waals surface area (Å²) in [6, 6.07) is 4.85. The van der Waals surface area contributed by atoms with E-state index in [1.165, 1.54) is 29.2 Å². The molecule has 3 aliphatic rings. The van der Waals surface area contributed by atoms with Crippen LogP contribution in [0.25, 0.3) is 5.76 Å². The number of ketones is 2. The van der Waals surface area contributed by atoms with Gasteiger partial charge in [-0.05, 0) is 83.0 Å². The Kier molecular flexibility index (Phi) is 15.4. The number of hydrogen-bond donors (Lipinski definition) is 10. The van der Waals surface area contributed by atoms with Crippen molar-refractivity contribution in [2.24, 2.45) is 17.6 Å². The zero-order chi connectivity index (χ0) is 47.8. The van der Waals surface area contributed by atoms with E-state index in [1.54, 1.807) is 39.2 Å². The van der Waals surface area contributed by atoms with Crippen LogP contribution in [0.4, 0.5) is 11.4 Å². The second-order valence-electron chi connectivity index (χ2n) is 17.0. The van der Waals surface area contributed by atoms with Crippen LogP contribution in [-0.4, -0.2) is 149 Å². The lowest BCUT2D eigenvalue weighted by Gasteiger charge is -2.50. The number of nitrogens with one attached hydrogen (secondary N) is 3. The van der Waals surface area contributed by atoms with Gasteiger partial charge in [-0.15, -0.1) is 0 Å². The van der Waals surface area contributed by atoms with E-state index in [1.807, 2.05) is 20.8 Å². The lowest BCUT2D eigenvalue weighted by Crippen LogP contribution is -2.65. The molecule has 0 aromatic heterocycles. The number of benzene rings is 2. The Bertz CT molecular complexity index is 2350. The van der Waals surface area contributed by atoms with Crippen molar-refractivity contribution in [2.45, 2.75) is 72.7 Å². The largest absolute Gasteiger partial charge is 0.508 e. The Morgan fingerprint density at radius 1 is 1.03 bits per heavy atom. The van der Waals surface area contributed by atoms with Gasteiger partial charge in [-0.1, -0.05) is 35.3 Å². The Labute approximate surface area is 374 Å². The van der Waals surface area contributed by atoms with Crippen molar-refractivity contribution in [2.75, 3.05) is 57.8 Å². The molecule has 0 saturated heterocycles. The molecule has 3 aliphatic carbocycles. The predicted molar refractivity (Wildman–Crippen MR) is 234 cm³/mol. The number of anilines is 2. The minimum Gasteiger partial charge on any atom is -0.508 e. The van der Waals surface area contributed by atoms with E-state index in [0.29, 0.717) is 16.8 Å². The summed E-state index contributed by atoms with van der Waals surface area (Å²) < 4.78 is 22.7. The van der Waals surface area contributed by atoms with E-state index in [2.05, 4.69) is 16.0 Å². The SMILES string of the molecule is CN(C)c1cc(NC(=O)CNC(C)(C)C)c(O)c2c1C[C@H]1C[C@H]3[C@H](N(C)C)C(=O)C(C(N)=O)=C(O)[C@@]3(O)C(=O)C1=C2O.CS(=O)(=O)c1ccc([C@@H](O)[C@@H](CO)NC(=O)C(Cl)Cl)cc1. The van der Waals surface area contributed by atoms with Crippen molar-refractivity contribution in [1.29, 1.82) is 0 Å². The van der Waals surface area contributed by atoms with E-state index in [9.17, 15) is 63.0 Å². The van der Waals surface area contributed by atoms with E-state index < -0.39 is 109 Å². The summed E-state index contributed by atoms with van der Waals surface area (Å²) in [4.78, 5) is 65.5. The smallest absolute Gasteiger partial charge is 0.255 e. The van der Waals surface area contributed by atoms with Crippen molar-refractivity contribution >= 4 is 79.5 Å². The van der Waals surface area contributed by atoms with Crippen LogP contribution < -0.4 is 26.6 Å². The molecule has 0 spiro atoms. The predicted octanol–water partition coefficient (Wildman–Crippen LogP) is 0.761. The number of carbonyl (C=O) groups is 5. The molecule has 0 radical (unpaired) electrons. The van der Waals surface area contributed by atoms with Gasteiger partial charge in [0.15, 0.2) is 26.1 Å². The topological polar surface area (TPSA) is 309 Å². The Morgan fingerprint density at radius 3 is 2.10 bits per heavy atom. The number of likely N-dealkylation sites (N-methyl/N-ethyl adjacent to an activating group) is 1. The van der Waals surface area contributed by atoms with Gasteiger partial charge in [0.2, 0.25) is 11.7 Å². The number of nitrogens with zero attached hydrogens (tertiary/aromatic N) is 2. The van der Waals surface area contributed by atoms with Gasteiger partial charge in [0, 0.05) is 43.1 Å². The van der Waals surface area contributed by atoms with E-state index >= 15 is 0 Å². The molecule has 1 fully saturated rings. The molecule has 2 aromatic carbocycles. The highest BCUT2D eigenvalue weighted by Gasteiger charge is 2.64. The van der Waals surface area contributed by atoms with Crippen LogP contribution >= 0.6 is 23.2 Å². The van der Waals surface area contributed by atoms with E-state index in [-0.39, 0.29) is 46.6 Å². The molecule has 11 N–H and O–H groups in total. The van der Waals surface area contributed by atoms with Gasteiger partial charge in [0.25, 0.3) is 11.8 Å². The van der Waals surface area contributed by atoms with Crippen molar-refractivity contribution in [3.63, 3.8) is 0 Å². The number of aliphatic hydroxyl groups excluding tert-OH is 4. The second kappa shape index (κ2) is 19.1. The third-order valence-electron chi connectivity index (χ3n) is 11.0. The summed E-state index contributed by atoms with van der Waals surface area (Å²) in [5, 5.41) is 72.9. The summed E-state index contributed by atoms with van der Waals surface area (Å²) >= 11 is 10.7. The molecule has 2 aromatic rings. The number of hydrogen-bond acceptors (Lipinski definition) is 16. The van der Waals surface area contributed by atoms with Gasteiger partial charge in [-0.25, -0.2) is 8.42 Å². The first-order valence-electron chi connectivity index (χ1n) is 19.4. The standard InChI is InChI=1S/C29H39N5O8.C12H15Cl2NO5S/c1-28(2,3)31-11-17(35)32-15-10-16(33(4)5)13-8-12-9-14-21(34(6)7)24(38)20(27(30)41)26(40)29(14,42)25(39)18(12)23(37)19(13)22(15)36;1-21(19,20)8-4-2-7(3-5-8)10(17)9(6-16)15-12(18)11(13)14/h10,12,14,21,31,36-37,40,42H,8-9,11H2,1-7H3,(H2,30,41)(H,32,35);2-5,9-11,16-17H,6H2,1H3,(H,15,18)/t12-,14-,21-,29-;9-,10-/m01/s1. The van der Waals surface area contributed by atoms with Gasteiger partial charge >= 0.3 is 0 Å². The Hall–Kier alpha value is -4.80. The first-order chi connectivity index (χ1) is 29.0. The van der Waals surface area contributed by atoms with Gasteiger partial charge in [-0.3, -0.25) is 28.9 Å². The van der Waals surface area contributed by atoms with Crippen molar-refractivity contribution in [1.82, 2.24) is 15.5 Å². The van der Waals surface area contributed by atoms with Crippen LogP contribution in [0.15, 0.2) is 52.1 Å². The molecule has 0 heterocycles. The molecule has 0 aliphatic heterocycles. The number of aliphatic hydroxyl groups is 5. The number of primary amides is 1. The molecule has 22 heteroatoms. The summed E-state index contributed by atoms with van der Waals surface area (Å²) in [6.45, 7) is 5.08. The number of alkyl halides is 2. The van der Waals surface area contributed by atoms with Gasteiger partial charge in [-0.2, -0.15) is 0 Å². The van der Waals surface area contributed by atoms with E-state index in [4.69, 9.17) is 28.9 Å². The highest BCUT2D eigenvalue weighted by molar-refractivity contribution is 7.90. The average Bonchev–Trinajstić information content (AvgIpc) is 3.17. The summed E-state index contributed by atoms with van der Waals surface area (Å²) in [6.07, 6.45) is -0.0539. The molecule has 0 unspecified atom stereocenters. The maximum Gasteiger partial charge on any atom is 0.255 e. The maximum absolute atomic E-state index is 14.0. The number of Topliss-reactive ketones (excluding diaryl/α,β-unsaturated/α-hetero) is 2. The summed E-state index contributed by atoms with van der Waals surface area (Å²) in [7, 11) is 3.24. The van der Waals surface area contributed by atoms with Gasteiger partial charge in [0.05, 0.1) is 41.4 Å². The molecule has 1 saturated carbocycles. The zero-order valence-electron chi connectivity index (χ0n) is 35.9. The number of fused-ring (bicyclic) bond motifs is 3. The maximum atomic E-state index is 14.0. The second-order valence-corrected chi connectivity index (χ2v) is 20.1. The average molecular weight is 942 g/mol. The first kappa shape index (κ1) is 50.8. The Balaban J connectivity index is 0.000000349. The van der Waals surface area contributed by atoms with Crippen LogP contribution in [0.5, 0.6) is 5.75 Å². The fraction of sp³-hybridized carbons (Fsp3) is 0.488. The molecular weight excluding hydrogens is 887 g/mol. The zero-order valence-corrected chi connectivity index (χ0v) is 38.2. The molecule has 0 bridgehead atoms. The van der Waals surface area contributed by atoms with E-state index in [0.717, 1.165) is 6.26 Å². The number of phenolic OH excluding ortho intramolecular Hbond substituents is 1. The number of sulfone groups is 1. The molecular formula is C41H54Cl2N6O13S. The lowest BCUT2D eigenvalue weighted by molar-refractivity contribution is -0.153. The fourth-order valence-corrected chi connectivity index (χ4v) is 8.70. The summed E-state index contributed by atoms with van der Waals surface area (Å²) in [5.74, 6) is -8.54. The fourth-order valence-electron chi connectivity index (χ4n) is 7.94. The van der Waals surface area contributed by atoms with Gasteiger partial charge in [0.1, 0.15) is 28.9 Å². The van der Waals surface area contributed by atoms with Gasteiger partial charge < -0.3 is 57.2 Å². The van der Waals surface area contributed by atoms with Crippen molar-refractivity contribution in [3.05, 3.63) is 63.9 Å². The Morgan fingerprint density at radius 2 is 1.62 bits per heavy atom. The normalized spacial score (nSPS) is 22.0. The van der Waals surface area contributed by atoms with Crippen LogP contribution in [0.2, 0.25) is 0 Å². The van der Waals surface area contributed by atoms with Crippen LogP contribution in [0.1, 0.15) is 50.0 Å². The number of halogens is 2. The number of carbonyl (C=O) groups excluding carboxylic acids is 5. The highest BCUT2D eigenvalue weighted by Crippen LogP contribution is 2.54. The number of amides is 3. The minimum absolute atomic E-state index is 0.00158. The summed E-state index contributed by atoms with van der Waals surface area (Å²) in [5.41, 5.74) is 2.45.